The number of benzene rings is 2. The summed E-state index contributed by atoms with van der Waals surface area (Å²) in [6.07, 6.45) is 5.09. The molecule has 2 aromatic carbocycles. The van der Waals surface area contributed by atoms with E-state index in [2.05, 4.69) is 35.1 Å². The average molecular weight is 496 g/mol. The molecule has 0 spiro atoms. The Morgan fingerprint density at radius 1 is 1.17 bits per heavy atom. The molecular weight excluding hydrogens is 462 g/mol. The van der Waals surface area contributed by atoms with E-state index < -0.39 is 5.97 Å². The van der Waals surface area contributed by atoms with E-state index in [1.165, 1.54) is 22.1 Å². The van der Waals surface area contributed by atoms with Crippen molar-refractivity contribution in [1.29, 1.82) is 0 Å². The van der Waals surface area contributed by atoms with Crippen LogP contribution in [0.4, 0.5) is 0 Å². The monoisotopic (exact) mass is 495 g/mol. The molecule has 1 fully saturated rings. The number of rotatable bonds is 11. The highest BCUT2D eigenvalue weighted by Crippen LogP contribution is 2.28. The number of methoxy groups -OCH3 is 1. The van der Waals surface area contributed by atoms with Gasteiger partial charge in [-0.1, -0.05) is 30.3 Å². The maximum atomic E-state index is 12.8. The van der Waals surface area contributed by atoms with Gasteiger partial charge in [-0.05, 0) is 73.7 Å². The lowest BCUT2D eigenvalue weighted by atomic mass is 9.94. The summed E-state index contributed by atoms with van der Waals surface area (Å²) in [6, 6.07) is 18.2. The Balaban J connectivity index is 1.30. The summed E-state index contributed by atoms with van der Waals surface area (Å²) in [7, 11) is 1.32. The predicted molar refractivity (Wildman–Crippen MR) is 138 cm³/mol. The van der Waals surface area contributed by atoms with Gasteiger partial charge in [-0.15, -0.1) is 11.3 Å². The van der Waals surface area contributed by atoms with Crippen molar-refractivity contribution in [2.75, 3.05) is 13.7 Å². The zero-order valence-corrected chi connectivity index (χ0v) is 21.0. The third kappa shape index (κ3) is 7.05. The van der Waals surface area contributed by atoms with Crippen LogP contribution >= 0.6 is 11.3 Å². The van der Waals surface area contributed by atoms with E-state index in [0.29, 0.717) is 25.1 Å². The number of nitrogens with zero attached hydrogens (tertiary/aromatic N) is 1. The number of carbonyl (C=O) groups excluding carboxylic acids is 2. The van der Waals surface area contributed by atoms with Crippen LogP contribution < -0.4 is 4.74 Å². The molecule has 35 heavy (non-hydrogen) atoms. The van der Waals surface area contributed by atoms with Gasteiger partial charge in [0, 0.05) is 28.6 Å². The second-order valence-corrected chi connectivity index (χ2v) is 10.3. The molecule has 186 valence electrons. The van der Waals surface area contributed by atoms with Crippen LogP contribution in [0, 0.1) is 0 Å². The van der Waals surface area contributed by atoms with Gasteiger partial charge in [0.05, 0.1) is 13.2 Å². The fourth-order valence-corrected chi connectivity index (χ4v) is 5.72. The molecule has 2 heterocycles. The van der Waals surface area contributed by atoms with Crippen molar-refractivity contribution in [3.8, 4) is 5.75 Å². The summed E-state index contributed by atoms with van der Waals surface area (Å²) >= 11 is 1.79. The largest absolute Gasteiger partial charge is 0.482 e. The minimum Gasteiger partial charge on any atom is -0.482 e. The third-order valence-electron chi connectivity index (χ3n) is 6.56. The minimum absolute atomic E-state index is 0.120. The molecule has 0 radical (unpaired) electrons. The Morgan fingerprint density at radius 2 is 2.03 bits per heavy atom. The first-order chi connectivity index (χ1) is 17.0. The molecule has 1 saturated heterocycles. The number of piperidine rings is 1. The lowest BCUT2D eigenvalue weighted by molar-refractivity contribution is -0.143. The van der Waals surface area contributed by atoms with E-state index in [0.717, 1.165) is 37.7 Å². The molecule has 7 heteroatoms. The molecule has 1 aromatic heterocycles. The molecule has 4 rings (SSSR count). The van der Waals surface area contributed by atoms with Gasteiger partial charge >= 0.3 is 5.97 Å². The first kappa shape index (κ1) is 25.2. The van der Waals surface area contributed by atoms with E-state index in [1.54, 1.807) is 17.4 Å². The van der Waals surface area contributed by atoms with Crippen molar-refractivity contribution in [3.63, 3.8) is 0 Å². The van der Waals surface area contributed by atoms with Crippen molar-refractivity contribution < 1.29 is 24.2 Å². The smallest absolute Gasteiger partial charge is 0.343 e. The molecule has 1 unspecified atom stereocenters. The molecule has 1 aliphatic rings. The van der Waals surface area contributed by atoms with Crippen LogP contribution in [0.3, 0.4) is 0 Å². The molecule has 2 atom stereocenters. The summed E-state index contributed by atoms with van der Waals surface area (Å²) < 4.78 is 11.4. The van der Waals surface area contributed by atoms with Crippen LogP contribution in [0.2, 0.25) is 0 Å². The Kier molecular flexibility index (Phi) is 8.77. The second kappa shape index (κ2) is 12.2. The van der Waals surface area contributed by atoms with Gasteiger partial charge in [0.15, 0.2) is 6.61 Å². The van der Waals surface area contributed by atoms with Crippen LogP contribution in [-0.4, -0.2) is 47.7 Å². The highest BCUT2D eigenvalue weighted by molar-refractivity contribution is 7.19. The van der Waals surface area contributed by atoms with Crippen LogP contribution in [0.5, 0.6) is 5.75 Å². The van der Waals surface area contributed by atoms with E-state index in [4.69, 9.17) is 4.74 Å². The summed E-state index contributed by atoms with van der Waals surface area (Å²) in [6.45, 7) is 0.349. The molecule has 0 aliphatic carbocycles. The lowest BCUT2D eigenvalue weighted by Crippen LogP contribution is -2.43. The highest BCUT2D eigenvalue weighted by Gasteiger charge is 2.28. The lowest BCUT2D eigenvalue weighted by Gasteiger charge is -2.36. The van der Waals surface area contributed by atoms with Gasteiger partial charge in [0.2, 0.25) is 5.91 Å². The molecular formula is C28H33NO5S. The molecule has 6 nitrogen and oxygen atoms in total. The number of aryl methyl sites for hydroxylation is 1. The standard InChI is InChI=1S/C28H33NO5S/c1-33-28(32)19-34-24-9-4-6-20(16-24)18-29-22(8-5-11-27(29)31)12-13-23(30)14-15-25-17-21-7-2-3-10-26(21)35-25/h2-4,6-7,9-10,16-17,22-23,30H,5,8,11-15,18-19H2,1H3/t22-,23?/m1/s1. The van der Waals surface area contributed by atoms with Gasteiger partial charge in [0.1, 0.15) is 5.75 Å². The van der Waals surface area contributed by atoms with Crippen molar-refractivity contribution in [2.45, 2.75) is 63.6 Å². The number of esters is 1. The van der Waals surface area contributed by atoms with Crippen molar-refractivity contribution in [3.05, 3.63) is 65.0 Å². The number of likely N-dealkylation sites (tertiary alicyclic amines) is 1. The predicted octanol–water partition coefficient (Wildman–Crippen LogP) is 5.11. The molecule has 3 aromatic rings. The van der Waals surface area contributed by atoms with E-state index in [1.807, 2.05) is 23.1 Å². The van der Waals surface area contributed by atoms with Crippen LogP contribution in [-0.2, 0) is 27.3 Å². The van der Waals surface area contributed by atoms with Gasteiger partial charge in [0.25, 0.3) is 0 Å². The van der Waals surface area contributed by atoms with Gasteiger partial charge in [-0.3, -0.25) is 4.79 Å². The molecule has 0 bridgehead atoms. The van der Waals surface area contributed by atoms with Crippen LogP contribution in [0.1, 0.15) is 49.0 Å². The zero-order valence-electron chi connectivity index (χ0n) is 20.2. The maximum Gasteiger partial charge on any atom is 0.343 e. The first-order valence-corrected chi connectivity index (χ1v) is 13.1. The van der Waals surface area contributed by atoms with Gasteiger partial charge in [-0.25, -0.2) is 4.79 Å². The van der Waals surface area contributed by atoms with Crippen molar-refractivity contribution in [2.24, 2.45) is 0 Å². The SMILES string of the molecule is COC(=O)COc1cccc(CN2C(=O)CCC[C@@H]2CCC(O)CCc2cc3ccccc3s2)c1. The molecule has 1 aliphatic heterocycles. The Labute approximate surface area is 210 Å². The average Bonchev–Trinajstić information content (AvgIpc) is 3.30. The summed E-state index contributed by atoms with van der Waals surface area (Å²) in [5.41, 5.74) is 0.956. The Morgan fingerprint density at radius 3 is 2.86 bits per heavy atom. The normalized spacial score (nSPS) is 16.9. The van der Waals surface area contributed by atoms with Crippen molar-refractivity contribution >= 4 is 33.3 Å². The second-order valence-electron chi connectivity index (χ2n) is 9.10. The number of fused-ring (bicyclic) bond motifs is 1. The highest BCUT2D eigenvalue weighted by atomic mass is 32.1. The number of hydrogen-bond acceptors (Lipinski definition) is 6. The summed E-state index contributed by atoms with van der Waals surface area (Å²) in [5, 5.41) is 11.9. The number of hydrogen-bond donors (Lipinski definition) is 1. The quantitative estimate of drug-likeness (QED) is 0.374. The zero-order chi connectivity index (χ0) is 24.6. The first-order valence-electron chi connectivity index (χ1n) is 12.3. The summed E-state index contributed by atoms with van der Waals surface area (Å²) in [4.78, 5) is 27.4. The Hall–Kier alpha value is -2.90. The number of amides is 1. The Bertz CT molecular complexity index is 1110. The molecule has 1 N–H and O–H groups in total. The maximum absolute atomic E-state index is 12.8. The van der Waals surface area contributed by atoms with E-state index in [-0.39, 0.29) is 24.7 Å². The third-order valence-corrected chi connectivity index (χ3v) is 7.73. The molecule has 0 saturated carbocycles. The molecule has 1 amide bonds. The summed E-state index contributed by atoms with van der Waals surface area (Å²) in [5.74, 6) is 0.292. The number of aliphatic hydroxyl groups is 1. The number of aliphatic hydroxyl groups excluding tert-OH is 1. The fraction of sp³-hybridized carbons (Fsp3) is 0.429. The van der Waals surface area contributed by atoms with Crippen molar-refractivity contribution in [1.82, 2.24) is 4.90 Å². The fourth-order valence-electron chi connectivity index (χ4n) is 4.64. The van der Waals surface area contributed by atoms with E-state index >= 15 is 0 Å². The number of carbonyl (C=O) groups is 2. The number of thiophene rings is 1. The van der Waals surface area contributed by atoms with Crippen LogP contribution in [0.15, 0.2) is 54.6 Å². The topological polar surface area (TPSA) is 76.1 Å². The van der Waals surface area contributed by atoms with Gasteiger partial charge < -0.3 is 19.5 Å². The van der Waals surface area contributed by atoms with Crippen LogP contribution in [0.25, 0.3) is 10.1 Å². The minimum atomic E-state index is -0.437. The van der Waals surface area contributed by atoms with Gasteiger partial charge in [-0.2, -0.15) is 0 Å². The number of ether oxygens (including phenoxy) is 2. The van der Waals surface area contributed by atoms with E-state index in [9.17, 15) is 14.7 Å².